The number of nitrogens with two attached hydrogens (primary N) is 1. The molecule has 2 fully saturated rings. The number of nitrogens with zero attached hydrogens (tertiary/aromatic N) is 2. The minimum atomic E-state index is -4.77. The second-order valence-electron chi connectivity index (χ2n) is 12.3. The minimum Gasteiger partial charge on any atom is -0.431 e. The fourth-order valence-corrected chi connectivity index (χ4v) is 6.60. The van der Waals surface area contributed by atoms with Gasteiger partial charge >= 0.3 is 32.0 Å². The molecule has 0 saturated heterocycles. The summed E-state index contributed by atoms with van der Waals surface area (Å²) >= 11 is 0. The molecule has 0 spiro atoms. The first-order valence-electron chi connectivity index (χ1n) is 15.8. The molecule has 15 heteroatoms. The van der Waals surface area contributed by atoms with Crippen LogP contribution in [-0.4, -0.2) is 67.3 Å². The molecule has 44 heavy (non-hydrogen) atoms. The fourth-order valence-electron chi connectivity index (χ4n) is 4.91. The van der Waals surface area contributed by atoms with Crippen molar-refractivity contribution in [1.82, 2.24) is 0 Å². The molecule has 0 aliphatic heterocycles. The molecule has 3 atom stereocenters. The molecule has 2 aliphatic carbocycles. The van der Waals surface area contributed by atoms with Gasteiger partial charge in [0.1, 0.15) is 25.8 Å². The highest BCUT2D eigenvalue weighted by Gasteiger charge is 2.43. The summed E-state index contributed by atoms with van der Waals surface area (Å²) in [5.74, 6) is -2.15. The van der Waals surface area contributed by atoms with Gasteiger partial charge in [-0.2, -0.15) is 0 Å². The highest BCUT2D eigenvalue weighted by Crippen LogP contribution is 2.54. The maximum absolute atomic E-state index is 14.4. The average Bonchev–Trinajstić information content (AvgIpc) is 2.93. The predicted molar refractivity (Wildman–Crippen MR) is 161 cm³/mol. The van der Waals surface area contributed by atoms with Gasteiger partial charge in [-0.25, -0.2) is 28.0 Å². The molecule has 0 heterocycles. The number of ether oxygens (including phenoxy) is 4. The van der Waals surface area contributed by atoms with Crippen LogP contribution in [0.15, 0.2) is 4.76 Å². The van der Waals surface area contributed by atoms with Gasteiger partial charge < -0.3 is 24.7 Å². The van der Waals surface area contributed by atoms with Crippen molar-refractivity contribution in [1.29, 1.82) is 0 Å². The van der Waals surface area contributed by atoms with Crippen molar-refractivity contribution < 1.29 is 56.4 Å². The minimum absolute atomic E-state index is 0.185. The Kier molecular flexibility index (Phi) is 15.4. The Morgan fingerprint density at radius 1 is 0.818 bits per heavy atom. The maximum Gasteiger partial charge on any atom is 0.510 e. The number of hydroxylamine groups is 3. The molecular weight excluding hydrogens is 597 g/mol. The lowest BCUT2D eigenvalue weighted by Crippen LogP contribution is -2.54. The molecule has 0 radical (unpaired) electrons. The van der Waals surface area contributed by atoms with Crippen molar-refractivity contribution in [3.63, 3.8) is 0 Å². The van der Waals surface area contributed by atoms with E-state index in [1.165, 1.54) is 14.0 Å². The summed E-state index contributed by atoms with van der Waals surface area (Å²) in [6.45, 7) is 9.90. The fraction of sp³-hybridized carbons (Fsp3) is 0.862. The Labute approximate surface area is 261 Å². The Hall–Kier alpha value is -2.41. The van der Waals surface area contributed by atoms with E-state index in [0.29, 0.717) is 6.42 Å². The molecule has 0 bridgehead atoms. The van der Waals surface area contributed by atoms with Crippen LogP contribution in [0.25, 0.3) is 0 Å². The van der Waals surface area contributed by atoms with E-state index in [2.05, 4.69) is 4.76 Å². The number of carbonyl (C=O) groups excluding carboxylic acids is 3. The first kappa shape index (κ1) is 37.8. The van der Waals surface area contributed by atoms with Crippen LogP contribution in [-0.2, 0) is 42.2 Å². The number of carbonyl (C=O) groups is 3. The number of hydrogen-bond acceptors (Lipinski definition) is 11. The molecule has 2 rings (SSSR count). The SMILES string of the molecule is CCC[N+](C)(OC(C)=O)C(N)=NP(=O)(OC(OC(=O)OC1CCCCC1)C(C)C)OC(OC(=O)OC1CCCCC1)C(C)C. The molecular formula is C29H53N3O11P+. The zero-order valence-electron chi connectivity index (χ0n) is 27.4. The third-order valence-corrected chi connectivity index (χ3v) is 8.71. The summed E-state index contributed by atoms with van der Waals surface area (Å²) in [5.41, 5.74) is 6.27. The first-order valence-corrected chi connectivity index (χ1v) is 17.3. The van der Waals surface area contributed by atoms with E-state index in [4.69, 9.17) is 38.6 Å². The molecule has 14 nitrogen and oxygen atoms in total. The van der Waals surface area contributed by atoms with Crippen molar-refractivity contribution in [2.24, 2.45) is 22.3 Å². The molecule has 0 amide bonds. The van der Waals surface area contributed by atoms with Crippen LogP contribution >= 0.6 is 7.75 Å². The van der Waals surface area contributed by atoms with Crippen molar-refractivity contribution in [2.75, 3.05) is 13.6 Å². The zero-order chi connectivity index (χ0) is 32.9. The lowest BCUT2D eigenvalue weighted by molar-refractivity contribution is -1.00. The molecule has 2 saturated carbocycles. The number of rotatable bonds is 13. The van der Waals surface area contributed by atoms with Gasteiger partial charge in [-0.3, -0.25) is 4.84 Å². The molecule has 2 aliphatic rings. The van der Waals surface area contributed by atoms with E-state index >= 15 is 0 Å². The standard InChI is InChI=1S/C29H53N3O11P/c1-8-19-32(7,41-22(6)33)27(30)31-44(36,42-25(20(2)3)39-28(34)37-23-15-11-9-12-16-23)43-26(21(4)5)40-29(35)38-24-17-13-10-14-18-24/h20-21,23-26H,8-19H2,1-7H3,(H2,30,31,36)/q+1. The quantitative estimate of drug-likeness (QED) is 0.0425. The highest BCUT2D eigenvalue weighted by molar-refractivity contribution is 7.52. The van der Waals surface area contributed by atoms with Crippen molar-refractivity contribution in [3.05, 3.63) is 0 Å². The van der Waals surface area contributed by atoms with Gasteiger partial charge in [-0.15, -0.1) is 4.76 Å². The third kappa shape index (κ3) is 12.9. The van der Waals surface area contributed by atoms with Crippen LogP contribution in [0.4, 0.5) is 9.59 Å². The highest BCUT2D eigenvalue weighted by atomic mass is 31.2. The lowest BCUT2D eigenvalue weighted by Gasteiger charge is -2.31. The predicted octanol–water partition coefficient (Wildman–Crippen LogP) is 6.71. The van der Waals surface area contributed by atoms with Crippen molar-refractivity contribution in [3.8, 4) is 0 Å². The number of guanidine groups is 1. The van der Waals surface area contributed by atoms with Gasteiger partial charge in [0, 0.05) is 18.8 Å². The van der Waals surface area contributed by atoms with E-state index in [0.717, 1.165) is 64.2 Å². The molecule has 2 N–H and O–H groups in total. The third-order valence-electron chi connectivity index (χ3n) is 7.31. The first-order chi connectivity index (χ1) is 20.7. The average molecular weight is 651 g/mol. The second kappa shape index (κ2) is 17.9. The van der Waals surface area contributed by atoms with E-state index in [1.54, 1.807) is 27.7 Å². The second-order valence-corrected chi connectivity index (χ2v) is 13.8. The summed E-state index contributed by atoms with van der Waals surface area (Å²) in [6, 6.07) is 0. The van der Waals surface area contributed by atoms with Crippen LogP contribution in [0.2, 0.25) is 0 Å². The largest absolute Gasteiger partial charge is 0.510 e. The Morgan fingerprint density at radius 3 is 1.57 bits per heavy atom. The summed E-state index contributed by atoms with van der Waals surface area (Å²) in [4.78, 5) is 42.7. The summed E-state index contributed by atoms with van der Waals surface area (Å²) in [7, 11) is -3.30. The smallest absolute Gasteiger partial charge is 0.431 e. The van der Waals surface area contributed by atoms with Gasteiger partial charge in [-0.05, 0) is 57.8 Å². The Bertz CT molecular complexity index is 961. The molecule has 3 unspecified atom stereocenters. The number of quaternary nitrogens is 1. The molecule has 0 aromatic rings. The van der Waals surface area contributed by atoms with Crippen LogP contribution in [0, 0.1) is 11.8 Å². The van der Waals surface area contributed by atoms with Gasteiger partial charge in [0.2, 0.25) is 12.6 Å². The Balaban J connectivity index is 2.36. The number of hydrogen-bond donors (Lipinski definition) is 1. The van der Waals surface area contributed by atoms with Gasteiger partial charge in [0.15, 0.2) is 0 Å². The van der Waals surface area contributed by atoms with Crippen LogP contribution < -0.4 is 5.73 Å². The van der Waals surface area contributed by atoms with Crippen LogP contribution in [0.5, 0.6) is 0 Å². The van der Waals surface area contributed by atoms with Crippen LogP contribution in [0.3, 0.4) is 0 Å². The summed E-state index contributed by atoms with van der Waals surface area (Å²) in [5, 5.41) is 0. The van der Waals surface area contributed by atoms with Gasteiger partial charge in [0.05, 0.1) is 0 Å². The van der Waals surface area contributed by atoms with Gasteiger partial charge in [0.25, 0.3) is 0 Å². The summed E-state index contributed by atoms with van der Waals surface area (Å²) in [6.07, 6.45) is 3.86. The van der Waals surface area contributed by atoms with E-state index in [-0.39, 0.29) is 18.8 Å². The van der Waals surface area contributed by atoms with E-state index < -0.39 is 61.0 Å². The maximum atomic E-state index is 14.4. The monoisotopic (exact) mass is 650 g/mol. The molecule has 0 aromatic carbocycles. The van der Waals surface area contributed by atoms with Gasteiger partial charge in [-0.1, -0.05) is 52.1 Å². The molecule has 254 valence electrons. The lowest BCUT2D eigenvalue weighted by atomic mass is 9.98. The van der Waals surface area contributed by atoms with E-state index in [1.807, 2.05) is 6.92 Å². The topological polar surface area (TPSA) is 171 Å². The Morgan fingerprint density at radius 2 is 1.23 bits per heavy atom. The zero-order valence-corrected chi connectivity index (χ0v) is 28.3. The van der Waals surface area contributed by atoms with Crippen molar-refractivity contribution >= 4 is 32.0 Å². The van der Waals surface area contributed by atoms with E-state index in [9.17, 15) is 18.9 Å². The normalized spacial score (nSPS) is 21.1. The molecule has 0 aromatic heterocycles. The van der Waals surface area contributed by atoms with Crippen molar-refractivity contribution in [2.45, 2.75) is 137 Å². The summed E-state index contributed by atoms with van der Waals surface area (Å²) < 4.78 is 51.2. The van der Waals surface area contributed by atoms with Crippen LogP contribution in [0.1, 0.15) is 112 Å².